The fraction of sp³-hybridized carbons (Fsp3) is 0.343. The van der Waals surface area contributed by atoms with Gasteiger partial charge >= 0.3 is 6.09 Å². The highest BCUT2D eigenvalue weighted by atomic mass is 35.5. The molecule has 1 aliphatic rings. The van der Waals surface area contributed by atoms with E-state index < -0.39 is 6.09 Å². The van der Waals surface area contributed by atoms with Crippen LogP contribution in [0.3, 0.4) is 0 Å². The molecule has 4 aromatic rings. The summed E-state index contributed by atoms with van der Waals surface area (Å²) >= 11 is 13.4. The van der Waals surface area contributed by atoms with E-state index in [1.54, 1.807) is 12.3 Å². The molecular weight excluding hydrogens is 607 g/mol. The van der Waals surface area contributed by atoms with Crippen molar-refractivity contribution in [3.63, 3.8) is 0 Å². The van der Waals surface area contributed by atoms with E-state index in [2.05, 4.69) is 77.2 Å². The maximum atomic E-state index is 12.9. The first-order valence-electron chi connectivity index (χ1n) is 15.2. The average molecular weight is 648 g/mol. The molecule has 1 fully saturated rings. The van der Waals surface area contributed by atoms with Gasteiger partial charge in [0.2, 0.25) is 5.95 Å². The standard InChI is InChI=1S/C35H40Cl2N6O2/c1-21(2)42-15-17-43(18-16-42)31-12-9-26(19-30(31)37)39-34-38-14-13-32(40-34)41-35(44)45-20-28-23(4)8-11-29(36)33(28)27-10-7-22(3)24(5)25(27)6/h7-14,19,21H,15-18,20H2,1-6H3,(H2,38,39,40,41,44). The fourth-order valence-corrected chi connectivity index (χ4v) is 6.22. The molecule has 2 N–H and O–H groups in total. The van der Waals surface area contributed by atoms with E-state index >= 15 is 0 Å². The van der Waals surface area contributed by atoms with Gasteiger partial charge in [-0.25, -0.2) is 9.78 Å². The van der Waals surface area contributed by atoms with Crippen LogP contribution in [0.25, 0.3) is 11.1 Å². The summed E-state index contributed by atoms with van der Waals surface area (Å²) in [6, 6.07) is 16.0. The summed E-state index contributed by atoms with van der Waals surface area (Å²) < 4.78 is 5.67. The summed E-state index contributed by atoms with van der Waals surface area (Å²) in [5, 5.41) is 7.16. The number of carbonyl (C=O) groups excluding carboxylic acids is 1. The first-order chi connectivity index (χ1) is 21.5. The van der Waals surface area contributed by atoms with E-state index in [0.717, 1.165) is 65.4 Å². The number of amides is 1. The molecule has 0 aliphatic carbocycles. The molecule has 0 atom stereocenters. The van der Waals surface area contributed by atoms with Crippen molar-refractivity contribution in [2.75, 3.05) is 41.7 Å². The maximum absolute atomic E-state index is 12.9. The van der Waals surface area contributed by atoms with Crippen LogP contribution < -0.4 is 15.5 Å². The van der Waals surface area contributed by atoms with E-state index in [1.165, 1.54) is 11.1 Å². The van der Waals surface area contributed by atoms with Crippen molar-refractivity contribution >= 4 is 52.4 Å². The minimum absolute atomic E-state index is 0.0491. The fourth-order valence-electron chi connectivity index (χ4n) is 5.64. The van der Waals surface area contributed by atoms with Gasteiger partial charge in [0.15, 0.2) is 0 Å². The highest BCUT2D eigenvalue weighted by molar-refractivity contribution is 6.34. The number of hydrogen-bond donors (Lipinski definition) is 2. The number of rotatable bonds is 8. The summed E-state index contributed by atoms with van der Waals surface area (Å²) in [7, 11) is 0. The molecule has 0 bridgehead atoms. The zero-order chi connectivity index (χ0) is 32.2. The van der Waals surface area contributed by atoms with Gasteiger partial charge in [-0.05, 0) is 99.7 Å². The van der Waals surface area contributed by atoms with Crippen LogP contribution in [0.15, 0.2) is 54.7 Å². The second-order valence-electron chi connectivity index (χ2n) is 11.8. The van der Waals surface area contributed by atoms with Gasteiger partial charge in [-0.3, -0.25) is 10.2 Å². The van der Waals surface area contributed by atoms with Crippen molar-refractivity contribution < 1.29 is 9.53 Å². The largest absolute Gasteiger partial charge is 0.444 e. The topological polar surface area (TPSA) is 82.6 Å². The SMILES string of the molecule is Cc1ccc(-c2c(Cl)ccc(C)c2COC(=O)Nc2ccnc(Nc3ccc(N4CCN(C(C)C)CC4)c(Cl)c3)n2)c(C)c1C. The first-order valence-corrected chi connectivity index (χ1v) is 15.9. The molecule has 0 unspecified atom stereocenters. The van der Waals surface area contributed by atoms with Gasteiger partial charge in [0.25, 0.3) is 0 Å². The Morgan fingerprint density at radius 2 is 1.64 bits per heavy atom. The Kier molecular flexibility index (Phi) is 10.2. The van der Waals surface area contributed by atoms with Crippen LogP contribution in [-0.4, -0.2) is 53.2 Å². The van der Waals surface area contributed by atoms with Gasteiger partial charge in [-0.1, -0.05) is 41.4 Å². The normalized spacial score (nSPS) is 13.7. The third kappa shape index (κ3) is 7.52. The first kappa shape index (κ1) is 32.5. The number of nitrogens with one attached hydrogen (secondary N) is 2. The molecular formula is C35H40Cl2N6O2. The molecule has 1 aliphatic heterocycles. The smallest absolute Gasteiger partial charge is 0.413 e. The predicted molar refractivity (Wildman–Crippen MR) is 185 cm³/mol. The van der Waals surface area contributed by atoms with Crippen molar-refractivity contribution in [2.45, 2.75) is 54.2 Å². The quantitative estimate of drug-likeness (QED) is 0.198. The summed E-state index contributed by atoms with van der Waals surface area (Å²) in [4.78, 5) is 26.4. The van der Waals surface area contributed by atoms with E-state index in [1.807, 2.05) is 37.3 Å². The van der Waals surface area contributed by atoms with Crippen molar-refractivity contribution in [1.82, 2.24) is 14.9 Å². The lowest BCUT2D eigenvalue weighted by molar-refractivity contribution is 0.155. The molecule has 0 saturated carbocycles. The van der Waals surface area contributed by atoms with E-state index in [0.29, 0.717) is 27.9 Å². The second-order valence-corrected chi connectivity index (χ2v) is 12.6. The number of benzene rings is 3. The Labute approximate surface area is 275 Å². The van der Waals surface area contributed by atoms with Gasteiger partial charge < -0.3 is 15.0 Å². The summed E-state index contributed by atoms with van der Waals surface area (Å²) in [6.07, 6.45) is 0.934. The number of anilines is 4. The van der Waals surface area contributed by atoms with Crippen LogP contribution in [0.5, 0.6) is 0 Å². The number of nitrogens with zero attached hydrogens (tertiary/aromatic N) is 4. The number of halogens is 2. The van der Waals surface area contributed by atoms with Gasteiger partial charge in [0.1, 0.15) is 12.4 Å². The van der Waals surface area contributed by atoms with Gasteiger partial charge in [0, 0.05) is 60.3 Å². The van der Waals surface area contributed by atoms with Crippen LogP contribution in [0.2, 0.25) is 10.0 Å². The Hall–Kier alpha value is -3.85. The molecule has 45 heavy (non-hydrogen) atoms. The molecule has 8 nitrogen and oxygen atoms in total. The van der Waals surface area contributed by atoms with Crippen LogP contribution in [0.1, 0.15) is 41.7 Å². The summed E-state index contributed by atoms with van der Waals surface area (Å²) in [5.74, 6) is 0.622. The van der Waals surface area contributed by atoms with Crippen LogP contribution in [-0.2, 0) is 11.3 Å². The van der Waals surface area contributed by atoms with Crippen molar-refractivity contribution in [1.29, 1.82) is 0 Å². The van der Waals surface area contributed by atoms with Gasteiger partial charge in [0.05, 0.1) is 10.7 Å². The Morgan fingerprint density at radius 1 is 0.911 bits per heavy atom. The molecule has 2 heterocycles. The molecule has 5 rings (SSSR count). The van der Waals surface area contributed by atoms with Crippen LogP contribution in [0, 0.1) is 27.7 Å². The lowest BCUT2D eigenvalue weighted by Crippen LogP contribution is -2.49. The van der Waals surface area contributed by atoms with Crippen LogP contribution >= 0.6 is 23.2 Å². The zero-order valence-corrected chi connectivity index (χ0v) is 28.2. The third-order valence-electron chi connectivity index (χ3n) is 8.65. The minimum atomic E-state index is -0.633. The lowest BCUT2D eigenvalue weighted by atomic mass is 9.90. The summed E-state index contributed by atoms with van der Waals surface area (Å²) in [6.45, 7) is 16.7. The van der Waals surface area contributed by atoms with Gasteiger partial charge in [-0.15, -0.1) is 0 Å². The summed E-state index contributed by atoms with van der Waals surface area (Å²) in [5.41, 5.74) is 9.07. The number of ether oxygens (including phenoxy) is 1. The highest BCUT2D eigenvalue weighted by Crippen LogP contribution is 2.37. The Bertz CT molecular complexity index is 1700. The number of hydrogen-bond acceptors (Lipinski definition) is 7. The Morgan fingerprint density at radius 3 is 2.36 bits per heavy atom. The number of aryl methyl sites for hydroxylation is 2. The maximum Gasteiger partial charge on any atom is 0.413 e. The second kappa shape index (κ2) is 14.1. The average Bonchev–Trinajstić information content (AvgIpc) is 3.01. The molecule has 1 aromatic heterocycles. The van der Waals surface area contributed by atoms with Crippen molar-refractivity contribution in [2.24, 2.45) is 0 Å². The minimum Gasteiger partial charge on any atom is -0.444 e. The molecule has 3 aromatic carbocycles. The predicted octanol–water partition coefficient (Wildman–Crippen LogP) is 8.71. The number of aromatic nitrogens is 2. The van der Waals surface area contributed by atoms with Crippen molar-refractivity contribution in [3.8, 4) is 11.1 Å². The van der Waals surface area contributed by atoms with Crippen molar-refractivity contribution in [3.05, 3.63) is 92.6 Å². The van der Waals surface area contributed by atoms with E-state index in [4.69, 9.17) is 27.9 Å². The zero-order valence-electron chi connectivity index (χ0n) is 26.7. The Balaban J connectivity index is 1.23. The molecule has 236 valence electrons. The van der Waals surface area contributed by atoms with Crippen LogP contribution in [0.4, 0.5) is 27.9 Å². The molecule has 1 saturated heterocycles. The molecule has 0 spiro atoms. The van der Waals surface area contributed by atoms with Gasteiger partial charge in [-0.2, -0.15) is 4.98 Å². The third-order valence-corrected chi connectivity index (χ3v) is 9.26. The highest BCUT2D eigenvalue weighted by Gasteiger charge is 2.21. The van der Waals surface area contributed by atoms with E-state index in [-0.39, 0.29) is 6.61 Å². The monoisotopic (exact) mass is 646 g/mol. The molecule has 0 radical (unpaired) electrons. The lowest BCUT2D eigenvalue weighted by Gasteiger charge is -2.38. The molecule has 10 heteroatoms. The number of carbonyl (C=O) groups is 1. The van der Waals surface area contributed by atoms with E-state index in [9.17, 15) is 4.79 Å². The molecule has 1 amide bonds. The number of piperazine rings is 1.